The lowest BCUT2D eigenvalue weighted by atomic mass is 10.1. The molecule has 0 amide bonds. The molecule has 3 rings (SSSR count). The van der Waals surface area contributed by atoms with Gasteiger partial charge in [-0.15, -0.1) is 0 Å². The molecule has 2 aliphatic rings. The summed E-state index contributed by atoms with van der Waals surface area (Å²) in [5.41, 5.74) is 0.971. The van der Waals surface area contributed by atoms with E-state index in [4.69, 9.17) is 5.11 Å². The smallest absolute Gasteiger partial charge is 0.349 e. The molecule has 0 unspecified atom stereocenters. The molecule has 2 atom stereocenters. The summed E-state index contributed by atoms with van der Waals surface area (Å²) in [7, 11) is 0. The predicted octanol–water partition coefficient (Wildman–Crippen LogP) is -1.52. The first kappa shape index (κ1) is 18.8. The van der Waals surface area contributed by atoms with E-state index in [0.717, 1.165) is 11.1 Å². The third kappa shape index (κ3) is 3.37. The second kappa shape index (κ2) is 6.99. The maximum atomic E-state index is 12.2. The normalized spacial score (nSPS) is 13.8. The average Bonchev–Trinajstić information content (AvgIpc) is 2.62. The molecule has 0 fully saturated rings. The number of fused-ring (bicyclic) bond motifs is 2. The van der Waals surface area contributed by atoms with Crippen LogP contribution in [0.5, 0.6) is 0 Å². The minimum absolute atomic E-state index is 0.0813. The number of hydrogen-bond acceptors (Lipinski definition) is 8. The molecular weight excluding hydrogens is 356 g/mol. The first-order valence-corrected chi connectivity index (χ1v) is 8.14. The van der Waals surface area contributed by atoms with Crippen LogP contribution in [0, 0.1) is 13.8 Å². The van der Waals surface area contributed by atoms with Crippen LogP contribution in [0.25, 0.3) is 22.6 Å². The van der Waals surface area contributed by atoms with E-state index in [9.17, 15) is 24.6 Å². The summed E-state index contributed by atoms with van der Waals surface area (Å²) in [6, 6.07) is 3.49. The van der Waals surface area contributed by atoms with E-state index in [1.165, 1.54) is 4.57 Å². The fraction of sp³-hybridized carbons (Fsp3) is 0.353. The number of hydrogen-bond donors (Lipinski definition) is 4. The van der Waals surface area contributed by atoms with Gasteiger partial charge < -0.3 is 19.9 Å². The third-order valence-corrected chi connectivity index (χ3v) is 4.44. The molecule has 1 aromatic rings. The molecule has 142 valence electrons. The molecule has 0 aromatic heterocycles. The van der Waals surface area contributed by atoms with Crippen molar-refractivity contribution in [3.63, 3.8) is 0 Å². The number of benzene rings is 1. The van der Waals surface area contributed by atoms with Crippen LogP contribution >= 0.6 is 0 Å². The Morgan fingerprint density at radius 2 is 1.85 bits per heavy atom. The average molecular weight is 374 g/mol. The molecule has 10 heteroatoms. The van der Waals surface area contributed by atoms with Crippen molar-refractivity contribution in [3.8, 4) is 11.5 Å². The summed E-state index contributed by atoms with van der Waals surface area (Å²) in [4.78, 5) is 45.4. The number of rotatable bonds is 5. The first-order chi connectivity index (χ1) is 12.7. The number of H-pyrrole nitrogens is 1. The molecule has 0 bridgehead atoms. The fourth-order valence-electron chi connectivity index (χ4n) is 2.83. The molecule has 0 saturated heterocycles. The Morgan fingerprint density at radius 1 is 1.19 bits per heavy atom. The van der Waals surface area contributed by atoms with Crippen molar-refractivity contribution in [2.45, 2.75) is 32.6 Å². The molecule has 2 heterocycles. The Bertz CT molecular complexity index is 1120. The van der Waals surface area contributed by atoms with E-state index < -0.39 is 35.8 Å². The number of ketones is 1. The topological polar surface area (TPSA) is 158 Å². The van der Waals surface area contributed by atoms with Crippen molar-refractivity contribution in [2.24, 2.45) is 0 Å². The number of aliphatic hydroxyl groups excluding tert-OH is 3. The van der Waals surface area contributed by atoms with Gasteiger partial charge in [-0.3, -0.25) is 14.6 Å². The van der Waals surface area contributed by atoms with Gasteiger partial charge in [0.15, 0.2) is 17.3 Å². The Balaban J connectivity index is 2.29. The van der Waals surface area contributed by atoms with Crippen LogP contribution in [0.4, 0.5) is 0 Å². The SMILES string of the molecule is Cc1cc2nc3c(=O)[nH]c(=O)nc-3n(C[C@H](O)[C@H](O)C(=O)CO)c2cc1C. The van der Waals surface area contributed by atoms with Gasteiger partial charge in [0.05, 0.1) is 17.6 Å². The van der Waals surface area contributed by atoms with E-state index in [1.54, 1.807) is 12.1 Å². The Morgan fingerprint density at radius 3 is 2.52 bits per heavy atom. The number of Topliss-reactive ketones (excluding diaryl/α,β-unsaturated/α-hetero) is 1. The highest BCUT2D eigenvalue weighted by atomic mass is 16.3. The van der Waals surface area contributed by atoms with Gasteiger partial charge in [-0.1, -0.05) is 0 Å². The second-order valence-electron chi connectivity index (χ2n) is 6.33. The molecule has 4 N–H and O–H groups in total. The second-order valence-corrected chi connectivity index (χ2v) is 6.33. The lowest BCUT2D eigenvalue weighted by molar-refractivity contribution is -0.136. The van der Waals surface area contributed by atoms with Crippen LogP contribution in [-0.2, 0) is 11.3 Å². The van der Waals surface area contributed by atoms with Crippen LogP contribution in [0.3, 0.4) is 0 Å². The highest BCUT2D eigenvalue weighted by Crippen LogP contribution is 2.24. The largest absolute Gasteiger partial charge is 0.388 e. The summed E-state index contributed by atoms with van der Waals surface area (Å²) in [5.74, 6) is -1.03. The molecule has 0 aliphatic carbocycles. The van der Waals surface area contributed by atoms with Gasteiger partial charge in [0.2, 0.25) is 0 Å². The van der Waals surface area contributed by atoms with E-state index in [0.29, 0.717) is 11.0 Å². The van der Waals surface area contributed by atoms with Crippen molar-refractivity contribution in [3.05, 3.63) is 44.1 Å². The van der Waals surface area contributed by atoms with Crippen molar-refractivity contribution in [2.75, 3.05) is 6.61 Å². The molecule has 27 heavy (non-hydrogen) atoms. The summed E-state index contributed by atoms with van der Waals surface area (Å²) in [6.07, 6.45) is -3.43. The van der Waals surface area contributed by atoms with Gasteiger partial charge in [0, 0.05) is 0 Å². The van der Waals surface area contributed by atoms with E-state index >= 15 is 0 Å². The van der Waals surface area contributed by atoms with Gasteiger partial charge in [-0.25, -0.2) is 9.78 Å². The van der Waals surface area contributed by atoms with Crippen molar-refractivity contribution >= 4 is 16.8 Å². The summed E-state index contributed by atoms with van der Waals surface area (Å²) in [6.45, 7) is 2.45. The van der Waals surface area contributed by atoms with Crippen molar-refractivity contribution in [1.29, 1.82) is 0 Å². The number of nitrogens with zero attached hydrogens (tertiary/aromatic N) is 3. The van der Waals surface area contributed by atoms with Crippen LogP contribution in [-0.4, -0.2) is 59.4 Å². The Kier molecular flexibility index (Phi) is 4.87. The Labute approximate surface area is 152 Å². The van der Waals surface area contributed by atoms with Gasteiger partial charge in [-0.2, -0.15) is 4.98 Å². The number of nitrogens with one attached hydrogen (secondary N) is 1. The van der Waals surface area contributed by atoms with E-state index in [2.05, 4.69) is 9.97 Å². The minimum atomic E-state index is -1.83. The number of carbonyl (C=O) groups excluding carboxylic acids is 1. The lowest BCUT2D eigenvalue weighted by Crippen LogP contribution is -2.39. The molecule has 0 radical (unpaired) electrons. The minimum Gasteiger partial charge on any atom is -0.388 e. The standard InChI is InChI=1S/C17H18N4O6/c1-7-3-9-10(4-8(7)2)21(5-11(23)14(25)12(24)6-22)15-13(18-9)16(26)20-17(27)19-15/h3-4,11,14,22-23,25H,5-6H2,1-2H3,(H,20,26,27)/t11-,14-/m0/s1. The lowest BCUT2D eigenvalue weighted by Gasteiger charge is -2.22. The zero-order valence-corrected chi connectivity index (χ0v) is 14.6. The number of aromatic nitrogens is 4. The molecule has 2 aliphatic heterocycles. The maximum absolute atomic E-state index is 12.2. The first-order valence-electron chi connectivity index (χ1n) is 8.14. The molecular formula is C17H18N4O6. The summed E-state index contributed by atoms with van der Waals surface area (Å²) >= 11 is 0. The highest BCUT2D eigenvalue weighted by Gasteiger charge is 2.27. The number of aryl methyl sites for hydroxylation is 2. The summed E-state index contributed by atoms with van der Waals surface area (Å²) < 4.78 is 1.36. The fourth-order valence-corrected chi connectivity index (χ4v) is 2.83. The molecule has 10 nitrogen and oxygen atoms in total. The third-order valence-electron chi connectivity index (χ3n) is 4.44. The van der Waals surface area contributed by atoms with Crippen molar-refractivity contribution in [1.82, 2.24) is 19.5 Å². The maximum Gasteiger partial charge on any atom is 0.349 e. The molecule has 1 aromatic carbocycles. The van der Waals surface area contributed by atoms with Crippen LogP contribution in [0.15, 0.2) is 21.7 Å². The van der Waals surface area contributed by atoms with Gasteiger partial charge in [0.25, 0.3) is 5.56 Å². The van der Waals surface area contributed by atoms with Gasteiger partial charge in [-0.05, 0) is 37.1 Å². The molecule has 0 spiro atoms. The predicted molar refractivity (Wildman–Crippen MR) is 94.6 cm³/mol. The quantitative estimate of drug-likeness (QED) is 0.392. The highest BCUT2D eigenvalue weighted by molar-refractivity contribution is 5.84. The number of carbonyl (C=O) groups is 1. The Hall–Kier alpha value is -2.95. The van der Waals surface area contributed by atoms with Crippen molar-refractivity contribution < 1.29 is 20.1 Å². The van der Waals surface area contributed by atoms with Crippen LogP contribution in [0.1, 0.15) is 11.1 Å². The van der Waals surface area contributed by atoms with Crippen LogP contribution in [0.2, 0.25) is 0 Å². The van der Waals surface area contributed by atoms with E-state index in [1.807, 2.05) is 18.8 Å². The zero-order chi connectivity index (χ0) is 19.9. The van der Waals surface area contributed by atoms with Gasteiger partial charge >= 0.3 is 5.69 Å². The number of aromatic amines is 1. The number of aliphatic hydroxyl groups is 3. The molecule has 0 saturated carbocycles. The van der Waals surface area contributed by atoms with E-state index in [-0.39, 0.29) is 18.1 Å². The monoisotopic (exact) mass is 374 g/mol. The zero-order valence-electron chi connectivity index (χ0n) is 14.6. The van der Waals surface area contributed by atoms with Gasteiger partial charge in [0.1, 0.15) is 18.8 Å². The summed E-state index contributed by atoms with van der Waals surface area (Å²) in [5, 5.41) is 29.0. The van der Waals surface area contributed by atoms with Crippen LogP contribution < -0.4 is 11.2 Å².